The van der Waals surface area contributed by atoms with Gasteiger partial charge < -0.3 is 4.52 Å². The molecule has 3 rings (SSSR count). The van der Waals surface area contributed by atoms with Crippen molar-refractivity contribution in [1.29, 1.82) is 0 Å². The summed E-state index contributed by atoms with van der Waals surface area (Å²) in [7, 11) is -3.72. The first-order chi connectivity index (χ1) is 10.6. The summed E-state index contributed by atoms with van der Waals surface area (Å²) in [6.07, 6.45) is 1.57. The van der Waals surface area contributed by atoms with Crippen LogP contribution in [0, 0.1) is 6.92 Å². The Hall–Kier alpha value is -2.19. The van der Waals surface area contributed by atoms with E-state index in [4.69, 9.17) is 4.52 Å². The van der Waals surface area contributed by atoms with Gasteiger partial charge >= 0.3 is 0 Å². The molecule has 0 aliphatic heterocycles. The Morgan fingerprint density at radius 3 is 2.64 bits per heavy atom. The number of nitrogens with zero attached hydrogens (tertiary/aromatic N) is 3. The minimum Gasteiger partial charge on any atom is -0.359 e. The van der Waals surface area contributed by atoms with Crippen LogP contribution in [0.3, 0.4) is 0 Å². The van der Waals surface area contributed by atoms with E-state index in [9.17, 15) is 8.42 Å². The van der Waals surface area contributed by atoms with Gasteiger partial charge in [0, 0.05) is 17.6 Å². The number of aromatic nitrogens is 2. The Kier molecular flexibility index (Phi) is 3.95. The fourth-order valence-corrected chi connectivity index (χ4v) is 4.22. The minimum atomic E-state index is -3.72. The van der Waals surface area contributed by atoms with Gasteiger partial charge in [-0.3, -0.25) is 0 Å². The molecule has 0 amide bonds. The minimum absolute atomic E-state index is 0.0472. The standard InChI is InChI=1S/C14H13N3O3S2/c1-11-9-12(20-16-11)10-17(14-15-7-8-21-14)22(18,19)13-5-3-2-4-6-13/h2-9H,10H2,1H3. The van der Waals surface area contributed by atoms with Gasteiger partial charge in [-0.1, -0.05) is 23.4 Å². The lowest BCUT2D eigenvalue weighted by atomic mass is 10.4. The first-order valence-corrected chi connectivity index (χ1v) is 8.79. The van der Waals surface area contributed by atoms with Crippen molar-refractivity contribution in [2.45, 2.75) is 18.4 Å². The van der Waals surface area contributed by atoms with E-state index >= 15 is 0 Å². The van der Waals surface area contributed by atoms with Gasteiger partial charge in [-0.25, -0.2) is 17.7 Å². The molecule has 0 radical (unpaired) electrons. The van der Waals surface area contributed by atoms with E-state index in [1.54, 1.807) is 54.9 Å². The van der Waals surface area contributed by atoms with Crippen molar-refractivity contribution >= 4 is 26.5 Å². The predicted molar refractivity (Wildman–Crippen MR) is 83.2 cm³/mol. The van der Waals surface area contributed by atoms with Crippen LogP contribution in [-0.4, -0.2) is 18.6 Å². The van der Waals surface area contributed by atoms with Crippen LogP contribution < -0.4 is 4.31 Å². The highest BCUT2D eigenvalue weighted by atomic mass is 32.2. The molecule has 0 saturated heterocycles. The van der Waals surface area contributed by atoms with E-state index in [0.29, 0.717) is 16.6 Å². The van der Waals surface area contributed by atoms with Crippen molar-refractivity contribution < 1.29 is 12.9 Å². The van der Waals surface area contributed by atoms with Crippen LogP contribution in [-0.2, 0) is 16.6 Å². The maximum atomic E-state index is 12.9. The Bertz CT molecular complexity index is 843. The van der Waals surface area contributed by atoms with E-state index in [2.05, 4.69) is 10.1 Å². The average molecular weight is 335 g/mol. The molecule has 0 bridgehead atoms. The first-order valence-electron chi connectivity index (χ1n) is 6.47. The van der Waals surface area contributed by atoms with Crippen molar-refractivity contribution in [1.82, 2.24) is 10.1 Å². The Labute approximate surface area is 132 Å². The summed E-state index contributed by atoms with van der Waals surface area (Å²) in [6.45, 7) is 1.83. The third kappa shape index (κ3) is 2.88. The Morgan fingerprint density at radius 1 is 1.27 bits per heavy atom. The van der Waals surface area contributed by atoms with Crippen molar-refractivity contribution in [2.75, 3.05) is 4.31 Å². The average Bonchev–Trinajstić information content (AvgIpc) is 3.17. The molecule has 0 fully saturated rings. The highest BCUT2D eigenvalue weighted by molar-refractivity contribution is 7.93. The first kappa shape index (κ1) is 14.7. The van der Waals surface area contributed by atoms with Crippen LogP contribution >= 0.6 is 11.3 Å². The van der Waals surface area contributed by atoms with Gasteiger partial charge in [0.1, 0.15) is 0 Å². The quantitative estimate of drug-likeness (QED) is 0.716. The summed E-state index contributed by atoms with van der Waals surface area (Å²) >= 11 is 1.25. The van der Waals surface area contributed by atoms with Gasteiger partial charge in [0.25, 0.3) is 10.0 Å². The number of hydrogen-bond donors (Lipinski definition) is 0. The molecular weight excluding hydrogens is 322 g/mol. The molecule has 3 aromatic rings. The largest absolute Gasteiger partial charge is 0.359 e. The SMILES string of the molecule is Cc1cc(CN(c2nccs2)S(=O)(=O)c2ccccc2)on1. The van der Waals surface area contributed by atoms with Crippen molar-refractivity contribution in [3.63, 3.8) is 0 Å². The molecule has 0 unspecified atom stereocenters. The summed E-state index contributed by atoms with van der Waals surface area (Å²) in [5.74, 6) is 0.465. The van der Waals surface area contributed by atoms with E-state index in [1.807, 2.05) is 0 Å². The highest BCUT2D eigenvalue weighted by Crippen LogP contribution is 2.27. The topological polar surface area (TPSA) is 76.3 Å². The monoisotopic (exact) mass is 335 g/mol. The molecule has 0 atom stereocenters. The fourth-order valence-electron chi connectivity index (χ4n) is 1.95. The summed E-state index contributed by atoms with van der Waals surface area (Å²) in [5, 5.41) is 5.91. The van der Waals surface area contributed by atoms with Gasteiger partial charge in [0.2, 0.25) is 0 Å². The lowest BCUT2D eigenvalue weighted by molar-refractivity contribution is 0.381. The third-order valence-corrected chi connectivity index (χ3v) is 5.60. The second kappa shape index (κ2) is 5.90. The molecule has 0 saturated carbocycles. The van der Waals surface area contributed by atoms with Crippen LogP contribution in [0.4, 0.5) is 5.13 Å². The highest BCUT2D eigenvalue weighted by Gasteiger charge is 2.28. The summed E-state index contributed by atoms with van der Waals surface area (Å²) in [4.78, 5) is 4.32. The molecule has 0 aliphatic rings. The number of benzene rings is 1. The van der Waals surface area contributed by atoms with Crippen molar-refractivity contribution in [3.8, 4) is 0 Å². The van der Waals surface area contributed by atoms with Gasteiger partial charge in [-0.15, -0.1) is 11.3 Å². The third-order valence-electron chi connectivity index (χ3n) is 2.94. The summed E-state index contributed by atoms with van der Waals surface area (Å²) in [6, 6.07) is 9.97. The van der Waals surface area contributed by atoms with Gasteiger partial charge in [0.05, 0.1) is 17.1 Å². The summed E-state index contributed by atoms with van der Waals surface area (Å²) in [5.41, 5.74) is 0.700. The van der Waals surface area contributed by atoms with Gasteiger partial charge in [-0.2, -0.15) is 0 Å². The smallest absolute Gasteiger partial charge is 0.266 e. The van der Waals surface area contributed by atoms with Gasteiger partial charge in [0.15, 0.2) is 10.9 Å². The maximum Gasteiger partial charge on any atom is 0.266 e. The molecule has 2 heterocycles. The number of aryl methyl sites for hydroxylation is 1. The van der Waals surface area contributed by atoms with Crippen LogP contribution in [0.2, 0.25) is 0 Å². The molecule has 8 heteroatoms. The maximum absolute atomic E-state index is 12.9. The number of rotatable bonds is 5. The molecule has 0 N–H and O–H groups in total. The number of sulfonamides is 1. The number of hydrogen-bond acceptors (Lipinski definition) is 6. The number of thiazole rings is 1. The molecule has 6 nitrogen and oxygen atoms in total. The zero-order chi connectivity index (χ0) is 15.6. The van der Waals surface area contributed by atoms with E-state index in [0.717, 1.165) is 0 Å². The van der Waals surface area contributed by atoms with E-state index < -0.39 is 10.0 Å². The lowest BCUT2D eigenvalue weighted by Gasteiger charge is -2.20. The molecular formula is C14H13N3O3S2. The van der Waals surface area contributed by atoms with Crippen LogP contribution in [0.25, 0.3) is 0 Å². The second-order valence-electron chi connectivity index (χ2n) is 4.57. The number of anilines is 1. The molecule has 0 spiro atoms. The van der Waals surface area contributed by atoms with Crippen LogP contribution in [0.5, 0.6) is 0 Å². The predicted octanol–water partition coefficient (Wildman–Crippen LogP) is 2.84. The summed E-state index contributed by atoms with van der Waals surface area (Å²) < 4.78 is 32.1. The lowest BCUT2D eigenvalue weighted by Crippen LogP contribution is -2.30. The normalized spacial score (nSPS) is 11.5. The Morgan fingerprint density at radius 2 is 2.05 bits per heavy atom. The second-order valence-corrected chi connectivity index (χ2v) is 7.31. The Balaban J connectivity index is 2.02. The zero-order valence-corrected chi connectivity index (χ0v) is 13.3. The molecule has 22 heavy (non-hydrogen) atoms. The van der Waals surface area contributed by atoms with E-state index in [-0.39, 0.29) is 11.4 Å². The molecule has 2 aromatic heterocycles. The zero-order valence-electron chi connectivity index (χ0n) is 11.7. The molecule has 0 aliphatic carbocycles. The van der Waals surface area contributed by atoms with Crippen LogP contribution in [0.1, 0.15) is 11.5 Å². The fraction of sp³-hybridized carbons (Fsp3) is 0.143. The van der Waals surface area contributed by atoms with Crippen LogP contribution in [0.15, 0.2) is 57.4 Å². The van der Waals surface area contributed by atoms with Crippen molar-refractivity contribution in [2.24, 2.45) is 0 Å². The van der Waals surface area contributed by atoms with E-state index in [1.165, 1.54) is 15.6 Å². The van der Waals surface area contributed by atoms with Gasteiger partial charge in [-0.05, 0) is 19.1 Å². The molecule has 114 valence electrons. The van der Waals surface area contributed by atoms with Crippen molar-refractivity contribution in [3.05, 3.63) is 59.4 Å². The molecule has 1 aromatic carbocycles.